The smallest absolute Gasteiger partial charge is 0.249 e. The van der Waals surface area contributed by atoms with E-state index in [0.29, 0.717) is 6.61 Å². The summed E-state index contributed by atoms with van der Waals surface area (Å²) in [6.07, 6.45) is 4.86. The van der Waals surface area contributed by atoms with Crippen LogP contribution in [0.1, 0.15) is 32.1 Å². The quantitative estimate of drug-likeness (QED) is 0.673. The average Bonchev–Trinajstić information content (AvgIpc) is 2.65. The fraction of sp³-hybridized carbons (Fsp3) is 0.900. The summed E-state index contributed by atoms with van der Waals surface area (Å²) in [5, 5.41) is 1.55. The molecule has 0 aromatic carbocycles. The van der Waals surface area contributed by atoms with Crippen LogP contribution in [-0.4, -0.2) is 30.2 Å². The van der Waals surface area contributed by atoms with Crippen LogP contribution < -0.4 is 5.73 Å². The Hall–Kier alpha value is -0.610. The zero-order chi connectivity index (χ0) is 9.97. The fourth-order valence-corrected chi connectivity index (χ4v) is 2.21. The molecule has 2 N–H and O–H groups in total. The van der Waals surface area contributed by atoms with Crippen molar-refractivity contribution in [1.29, 1.82) is 0 Å². The van der Waals surface area contributed by atoms with Crippen molar-refractivity contribution in [3.05, 3.63) is 0 Å². The maximum absolute atomic E-state index is 11.9. The first-order valence-corrected chi connectivity index (χ1v) is 5.47. The number of hydrogen-bond acceptors (Lipinski definition) is 3. The molecule has 0 bridgehead atoms. The van der Waals surface area contributed by atoms with Gasteiger partial charge in [0.15, 0.2) is 0 Å². The molecule has 1 saturated heterocycles. The average molecular weight is 198 g/mol. The van der Waals surface area contributed by atoms with Crippen LogP contribution in [0.15, 0.2) is 0 Å². The summed E-state index contributed by atoms with van der Waals surface area (Å²) >= 11 is 0. The highest BCUT2D eigenvalue weighted by Crippen LogP contribution is 2.26. The van der Waals surface area contributed by atoms with Gasteiger partial charge in [0, 0.05) is 18.5 Å². The van der Waals surface area contributed by atoms with E-state index in [1.54, 1.807) is 5.06 Å². The summed E-state index contributed by atoms with van der Waals surface area (Å²) in [6.45, 7) is 1.44. The van der Waals surface area contributed by atoms with Gasteiger partial charge >= 0.3 is 0 Å². The van der Waals surface area contributed by atoms with Gasteiger partial charge in [0.2, 0.25) is 5.91 Å². The standard InChI is InChI=1S/C10H18N2O2/c11-9-4-3-8(7-9)10(13)12-5-1-2-6-14-12/h8-9H,1-7,11H2. The van der Waals surface area contributed by atoms with Crippen LogP contribution >= 0.6 is 0 Å². The Kier molecular flexibility index (Phi) is 3.03. The van der Waals surface area contributed by atoms with Crippen LogP contribution in [0.5, 0.6) is 0 Å². The van der Waals surface area contributed by atoms with Crippen molar-refractivity contribution in [2.24, 2.45) is 11.7 Å². The van der Waals surface area contributed by atoms with E-state index in [9.17, 15) is 4.79 Å². The van der Waals surface area contributed by atoms with Crippen molar-refractivity contribution in [2.45, 2.75) is 38.1 Å². The second-order valence-corrected chi connectivity index (χ2v) is 4.25. The molecule has 1 amide bonds. The lowest BCUT2D eigenvalue weighted by Crippen LogP contribution is -2.39. The van der Waals surface area contributed by atoms with Gasteiger partial charge in [-0.25, -0.2) is 5.06 Å². The van der Waals surface area contributed by atoms with Crippen LogP contribution in [0.2, 0.25) is 0 Å². The Bertz CT molecular complexity index is 207. The van der Waals surface area contributed by atoms with Crippen LogP contribution in [0.25, 0.3) is 0 Å². The Morgan fingerprint density at radius 3 is 2.79 bits per heavy atom. The van der Waals surface area contributed by atoms with Gasteiger partial charge in [0.1, 0.15) is 0 Å². The van der Waals surface area contributed by atoms with Gasteiger partial charge in [-0.15, -0.1) is 0 Å². The van der Waals surface area contributed by atoms with Crippen LogP contribution in [0.3, 0.4) is 0 Å². The summed E-state index contributed by atoms with van der Waals surface area (Å²) in [4.78, 5) is 17.2. The molecule has 4 nitrogen and oxygen atoms in total. The molecule has 0 aromatic heterocycles. The van der Waals surface area contributed by atoms with E-state index in [1.807, 2.05) is 0 Å². The zero-order valence-corrected chi connectivity index (χ0v) is 8.45. The van der Waals surface area contributed by atoms with Crippen molar-refractivity contribution in [1.82, 2.24) is 5.06 Å². The Morgan fingerprint density at radius 2 is 2.21 bits per heavy atom. The lowest BCUT2D eigenvalue weighted by atomic mass is 10.1. The van der Waals surface area contributed by atoms with Gasteiger partial charge in [0.25, 0.3) is 0 Å². The monoisotopic (exact) mass is 198 g/mol. The van der Waals surface area contributed by atoms with E-state index in [0.717, 1.165) is 38.6 Å². The first-order chi connectivity index (χ1) is 6.77. The molecular formula is C10H18N2O2. The van der Waals surface area contributed by atoms with Crippen molar-refractivity contribution in [3.8, 4) is 0 Å². The predicted octanol–water partition coefficient (Wildman–Crippen LogP) is 0.668. The first-order valence-electron chi connectivity index (χ1n) is 5.47. The molecule has 1 aliphatic carbocycles. The number of amides is 1. The Morgan fingerprint density at radius 1 is 1.36 bits per heavy atom. The lowest BCUT2D eigenvalue weighted by molar-refractivity contribution is -0.201. The maximum atomic E-state index is 11.9. The van der Waals surface area contributed by atoms with Gasteiger partial charge in [-0.2, -0.15) is 0 Å². The van der Waals surface area contributed by atoms with E-state index in [-0.39, 0.29) is 17.9 Å². The van der Waals surface area contributed by atoms with E-state index in [2.05, 4.69) is 0 Å². The normalized spacial score (nSPS) is 33.4. The molecule has 80 valence electrons. The second kappa shape index (κ2) is 4.28. The Balaban J connectivity index is 1.87. The third-order valence-electron chi connectivity index (χ3n) is 3.07. The minimum Gasteiger partial charge on any atom is -0.328 e. The molecule has 2 fully saturated rings. The number of nitrogens with zero attached hydrogens (tertiary/aromatic N) is 1. The molecule has 1 saturated carbocycles. The SMILES string of the molecule is NC1CCC(C(=O)N2CCCCO2)C1. The number of hydroxylamine groups is 2. The maximum Gasteiger partial charge on any atom is 0.249 e. The molecule has 1 aliphatic heterocycles. The molecule has 0 aromatic rings. The highest BCUT2D eigenvalue weighted by Gasteiger charge is 2.32. The van der Waals surface area contributed by atoms with Crippen LogP contribution in [0.4, 0.5) is 0 Å². The molecule has 0 spiro atoms. The molecule has 1 heterocycles. The summed E-state index contributed by atoms with van der Waals surface area (Å²) in [5.41, 5.74) is 5.78. The van der Waals surface area contributed by atoms with E-state index < -0.39 is 0 Å². The van der Waals surface area contributed by atoms with E-state index >= 15 is 0 Å². The second-order valence-electron chi connectivity index (χ2n) is 4.25. The highest BCUT2D eigenvalue weighted by atomic mass is 16.7. The highest BCUT2D eigenvalue weighted by molar-refractivity contribution is 5.78. The van der Waals surface area contributed by atoms with Crippen LogP contribution in [0, 0.1) is 5.92 Å². The minimum absolute atomic E-state index is 0.114. The molecule has 0 radical (unpaired) electrons. The van der Waals surface area contributed by atoms with Gasteiger partial charge in [-0.3, -0.25) is 9.63 Å². The molecule has 2 aliphatic rings. The van der Waals surface area contributed by atoms with Crippen LogP contribution in [-0.2, 0) is 9.63 Å². The van der Waals surface area contributed by atoms with Gasteiger partial charge in [0.05, 0.1) is 6.61 Å². The summed E-state index contributed by atoms with van der Waals surface area (Å²) in [7, 11) is 0. The lowest BCUT2D eigenvalue weighted by Gasteiger charge is -2.28. The molecule has 2 atom stereocenters. The first kappa shape index (κ1) is 9.93. The fourth-order valence-electron chi connectivity index (χ4n) is 2.21. The van der Waals surface area contributed by atoms with Gasteiger partial charge in [-0.05, 0) is 32.1 Å². The molecule has 2 unspecified atom stereocenters. The van der Waals surface area contributed by atoms with Crippen molar-refractivity contribution in [2.75, 3.05) is 13.2 Å². The molecule has 2 rings (SSSR count). The molecule has 14 heavy (non-hydrogen) atoms. The van der Waals surface area contributed by atoms with E-state index in [4.69, 9.17) is 10.6 Å². The number of carbonyl (C=O) groups is 1. The molecule has 4 heteroatoms. The van der Waals surface area contributed by atoms with Gasteiger partial charge in [-0.1, -0.05) is 0 Å². The van der Waals surface area contributed by atoms with Crippen molar-refractivity contribution >= 4 is 5.91 Å². The van der Waals surface area contributed by atoms with Crippen molar-refractivity contribution < 1.29 is 9.63 Å². The minimum atomic E-state index is 0.114. The summed E-state index contributed by atoms with van der Waals surface area (Å²) in [6, 6.07) is 0.216. The molecular weight excluding hydrogens is 180 g/mol. The van der Waals surface area contributed by atoms with E-state index in [1.165, 1.54) is 0 Å². The predicted molar refractivity (Wildman–Crippen MR) is 52.2 cm³/mol. The number of hydrogen-bond donors (Lipinski definition) is 1. The number of rotatable bonds is 1. The zero-order valence-electron chi connectivity index (χ0n) is 8.45. The third kappa shape index (κ3) is 2.07. The largest absolute Gasteiger partial charge is 0.328 e. The number of nitrogens with two attached hydrogens (primary N) is 1. The number of carbonyl (C=O) groups excluding carboxylic acids is 1. The summed E-state index contributed by atoms with van der Waals surface area (Å²) < 4.78 is 0. The topological polar surface area (TPSA) is 55.6 Å². The summed E-state index contributed by atoms with van der Waals surface area (Å²) in [5.74, 6) is 0.265. The Labute approximate surface area is 84.3 Å². The van der Waals surface area contributed by atoms with Crippen molar-refractivity contribution in [3.63, 3.8) is 0 Å². The van der Waals surface area contributed by atoms with Gasteiger partial charge < -0.3 is 5.73 Å². The third-order valence-corrected chi connectivity index (χ3v) is 3.07.